The maximum Gasteiger partial charge on any atom is 0.0510 e. The van der Waals surface area contributed by atoms with Gasteiger partial charge in [-0.3, -0.25) is 0 Å². The Hall–Kier alpha value is -0.540. The zero-order valence-corrected chi connectivity index (χ0v) is 13.8. The first kappa shape index (κ1) is 14.4. The molecule has 1 heterocycles. The van der Waals surface area contributed by atoms with Crippen LogP contribution < -0.4 is 10.6 Å². The predicted octanol–water partition coefficient (Wildman–Crippen LogP) is 4.21. The monoisotopic (exact) mass is 336 g/mol. The number of hydrogen-bond donors (Lipinski definition) is 1. The molecule has 20 heavy (non-hydrogen) atoms. The van der Waals surface area contributed by atoms with E-state index in [4.69, 9.17) is 5.73 Å². The van der Waals surface area contributed by atoms with Crippen molar-refractivity contribution in [3.63, 3.8) is 0 Å². The second kappa shape index (κ2) is 6.07. The Morgan fingerprint density at radius 3 is 2.35 bits per heavy atom. The van der Waals surface area contributed by atoms with Crippen LogP contribution in [0.5, 0.6) is 0 Å². The van der Waals surface area contributed by atoms with Crippen molar-refractivity contribution in [1.82, 2.24) is 0 Å². The fourth-order valence-electron chi connectivity index (χ4n) is 3.89. The van der Waals surface area contributed by atoms with Crippen LogP contribution in [0.4, 0.5) is 5.69 Å². The van der Waals surface area contributed by atoms with Crippen LogP contribution in [0, 0.1) is 0 Å². The molecule has 0 aromatic heterocycles. The molecule has 0 unspecified atom stereocenters. The van der Waals surface area contributed by atoms with E-state index in [9.17, 15) is 0 Å². The molecule has 2 aliphatic rings. The quantitative estimate of drug-likeness (QED) is 0.895. The number of halogens is 1. The number of nitrogens with two attached hydrogens (primary N) is 1. The minimum atomic E-state index is 0.239. The molecule has 3 rings (SSSR count). The molecular formula is C17H25BrN2. The Balaban J connectivity index is 1.86. The molecule has 3 heteroatoms. The lowest BCUT2D eigenvalue weighted by Gasteiger charge is -2.32. The predicted molar refractivity (Wildman–Crippen MR) is 89.4 cm³/mol. The van der Waals surface area contributed by atoms with Gasteiger partial charge in [0.15, 0.2) is 0 Å². The van der Waals surface area contributed by atoms with E-state index in [0.29, 0.717) is 0 Å². The number of piperidine rings is 1. The van der Waals surface area contributed by atoms with Gasteiger partial charge in [0.2, 0.25) is 0 Å². The number of nitrogens with zero attached hydrogens (tertiary/aromatic N) is 1. The first-order valence-corrected chi connectivity index (χ1v) is 8.79. The van der Waals surface area contributed by atoms with Gasteiger partial charge < -0.3 is 10.6 Å². The van der Waals surface area contributed by atoms with Gasteiger partial charge in [-0.1, -0.05) is 18.9 Å². The number of rotatable bonds is 3. The minimum Gasteiger partial charge on any atom is -0.371 e. The second-order valence-corrected chi connectivity index (χ2v) is 7.26. The van der Waals surface area contributed by atoms with Crippen molar-refractivity contribution < 1.29 is 0 Å². The molecule has 1 aliphatic heterocycles. The van der Waals surface area contributed by atoms with E-state index in [1.54, 1.807) is 0 Å². The van der Waals surface area contributed by atoms with Crippen molar-refractivity contribution in [3.05, 3.63) is 28.2 Å². The van der Waals surface area contributed by atoms with Crippen LogP contribution >= 0.6 is 15.9 Å². The van der Waals surface area contributed by atoms with Gasteiger partial charge in [-0.2, -0.15) is 0 Å². The topological polar surface area (TPSA) is 29.3 Å². The lowest BCUT2D eigenvalue weighted by Crippen LogP contribution is -2.32. The third-order valence-corrected chi connectivity index (χ3v) is 5.84. The third kappa shape index (κ3) is 2.62. The van der Waals surface area contributed by atoms with Gasteiger partial charge in [-0.05, 0) is 65.7 Å². The molecule has 1 saturated carbocycles. The van der Waals surface area contributed by atoms with Crippen LogP contribution in [-0.4, -0.2) is 19.6 Å². The van der Waals surface area contributed by atoms with Gasteiger partial charge in [0.1, 0.15) is 0 Å². The summed E-state index contributed by atoms with van der Waals surface area (Å²) in [5, 5.41) is 0. The molecule has 0 atom stereocenters. The SMILES string of the molecule is NCC1(c2ccc(N3CCCCC3)c(Br)c2)CCCC1. The fourth-order valence-corrected chi connectivity index (χ4v) is 4.52. The van der Waals surface area contributed by atoms with Crippen LogP contribution in [0.25, 0.3) is 0 Å². The highest BCUT2D eigenvalue weighted by Crippen LogP contribution is 2.42. The summed E-state index contributed by atoms with van der Waals surface area (Å²) < 4.78 is 1.25. The van der Waals surface area contributed by atoms with Crippen LogP contribution in [0.3, 0.4) is 0 Å². The van der Waals surface area contributed by atoms with E-state index < -0.39 is 0 Å². The molecule has 1 aromatic rings. The van der Waals surface area contributed by atoms with E-state index in [-0.39, 0.29) is 5.41 Å². The first-order valence-electron chi connectivity index (χ1n) is 8.00. The maximum atomic E-state index is 6.11. The van der Waals surface area contributed by atoms with Gasteiger partial charge in [0, 0.05) is 29.5 Å². The smallest absolute Gasteiger partial charge is 0.0510 e. The Kier molecular flexibility index (Phi) is 4.37. The average Bonchev–Trinajstić information content (AvgIpc) is 2.98. The molecule has 0 amide bonds. The molecule has 0 spiro atoms. The van der Waals surface area contributed by atoms with Crippen LogP contribution in [-0.2, 0) is 5.41 Å². The Labute approximate surface area is 130 Å². The van der Waals surface area contributed by atoms with E-state index in [1.165, 1.54) is 73.8 Å². The van der Waals surface area contributed by atoms with Gasteiger partial charge in [-0.25, -0.2) is 0 Å². The Bertz CT molecular complexity index is 460. The molecule has 1 aliphatic carbocycles. The molecule has 1 saturated heterocycles. The van der Waals surface area contributed by atoms with Crippen LogP contribution in [0.1, 0.15) is 50.5 Å². The molecule has 0 bridgehead atoms. The van der Waals surface area contributed by atoms with Crippen molar-refractivity contribution in [2.45, 2.75) is 50.4 Å². The highest BCUT2D eigenvalue weighted by molar-refractivity contribution is 9.10. The summed E-state index contributed by atoms with van der Waals surface area (Å²) in [7, 11) is 0. The van der Waals surface area contributed by atoms with Gasteiger partial charge in [0.05, 0.1) is 5.69 Å². The van der Waals surface area contributed by atoms with Gasteiger partial charge >= 0.3 is 0 Å². The van der Waals surface area contributed by atoms with Crippen molar-refractivity contribution in [2.24, 2.45) is 5.73 Å². The highest BCUT2D eigenvalue weighted by Gasteiger charge is 2.34. The summed E-state index contributed by atoms with van der Waals surface area (Å²) in [5.41, 5.74) is 9.14. The number of anilines is 1. The van der Waals surface area contributed by atoms with E-state index in [1.807, 2.05) is 0 Å². The lowest BCUT2D eigenvalue weighted by molar-refractivity contribution is 0.453. The standard InChI is InChI=1S/C17H25BrN2/c18-15-12-14(17(13-19)8-2-3-9-17)6-7-16(15)20-10-4-1-5-11-20/h6-7,12H,1-5,8-11,13,19H2. The van der Waals surface area contributed by atoms with Crippen molar-refractivity contribution >= 4 is 21.6 Å². The van der Waals surface area contributed by atoms with E-state index in [2.05, 4.69) is 39.0 Å². The molecule has 1 aromatic carbocycles. The summed E-state index contributed by atoms with van der Waals surface area (Å²) in [6.07, 6.45) is 9.16. The molecule has 2 N–H and O–H groups in total. The molecule has 0 radical (unpaired) electrons. The molecule has 110 valence electrons. The fraction of sp³-hybridized carbons (Fsp3) is 0.647. The zero-order chi connectivity index (χ0) is 14.0. The van der Waals surface area contributed by atoms with Crippen molar-refractivity contribution in [2.75, 3.05) is 24.5 Å². The average molecular weight is 337 g/mol. The summed E-state index contributed by atoms with van der Waals surface area (Å²) in [6, 6.07) is 6.97. The summed E-state index contributed by atoms with van der Waals surface area (Å²) in [5.74, 6) is 0. The molecular weight excluding hydrogens is 312 g/mol. The van der Waals surface area contributed by atoms with Crippen molar-refractivity contribution in [1.29, 1.82) is 0 Å². The summed E-state index contributed by atoms with van der Waals surface area (Å²) >= 11 is 3.80. The largest absolute Gasteiger partial charge is 0.371 e. The third-order valence-electron chi connectivity index (χ3n) is 5.21. The van der Waals surface area contributed by atoms with Crippen LogP contribution in [0.15, 0.2) is 22.7 Å². The molecule has 2 fully saturated rings. The minimum absolute atomic E-state index is 0.239. The first-order chi connectivity index (χ1) is 9.75. The zero-order valence-electron chi connectivity index (χ0n) is 12.2. The highest BCUT2D eigenvalue weighted by atomic mass is 79.9. The Morgan fingerprint density at radius 2 is 1.75 bits per heavy atom. The van der Waals surface area contributed by atoms with Gasteiger partial charge in [0.25, 0.3) is 0 Å². The second-order valence-electron chi connectivity index (χ2n) is 6.41. The number of benzene rings is 1. The Morgan fingerprint density at radius 1 is 1.05 bits per heavy atom. The lowest BCUT2D eigenvalue weighted by atomic mass is 9.79. The maximum absolute atomic E-state index is 6.11. The normalized spacial score (nSPS) is 22.2. The summed E-state index contributed by atoms with van der Waals surface area (Å²) in [4.78, 5) is 2.52. The number of hydrogen-bond acceptors (Lipinski definition) is 2. The van der Waals surface area contributed by atoms with Crippen LogP contribution in [0.2, 0.25) is 0 Å². The van der Waals surface area contributed by atoms with E-state index in [0.717, 1.165) is 6.54 Å². The van der Waals surface area contributed by atoms with E-state index >= 15 is 0 Å². The van der Waals surface area contributed by atoms with Crippen molar-refractivity contribution in [3.8, 4) is 0 Å². The summed E-state index contributed by atoms with van der Waals surface area (Å²) in [6.45, 7) is 3.17. The molecule has 2 nitrogen and oxygen atoms in total. The van der Waals surface area contributed by atoms with Gasteiger partial charge in [-0.15, -0.1) is 0 Å².